The molecule has 0 radical (unpaired) electrons. The van der Waals surface area contributed by atoms with Crippen LogP contribution in [0.15, 0.2) is 0 Å². The van der Waals surface area contributed by atoms with Gasteiger partial charge in [-0.2, -0.15) is 0 Å². The van der Waals surface area contributed by atoms with Gasteiger partial charge in [0.25, 0.3) is 0 Å². The second kappa shape index (κ2) is 4.85. The van der Waals surface area contributed by atoms with E-state index in [2.05, 4.69) is 4.74 Å². The molecule has 0 aromatic rings. The number of ketones is 1. The number of hydrogen-bond donors (Lipinski definition) is 1. The van der Waals surface area contributed by atoms with Gasteiger partial charge in [-0.15, -0.1) is 0 Å². The van der Waals surface area contributed by atoms with Crippen LogP contribution in [0.4, 0.5) is 0 Å². The van der Waals surface area contributed by atoms with Crippen molar-refractivity contribution in [2.45, 2.75) is 13.3 Å². The van der Waals surface area contributed by atoms with Gasteiger partial charge in [0, 0.05) is 7.11 Å². The standard InChI is InChI=1S/C7H12O4/c1-5(8)6(4-11-2)3-7(9)10/h6H,3-4H2,1-2H3,(H,9,10). The van der Waals surface area contributed by atoms with Crippen molar-refractivity contribution in [3.63, 3.8) is 0 Å². The Morgan fingerprint density at radius 3 is 2.36 bits per heavy atom. The molecule has 1 atom stereocenters. The van der Waals surface area contributed by atoms with Gasteiger partial charge in [0.05, 0.1) is 18.9 Å². The molecule has 1 N–H and O–H groups in total. The van der Waals surface area contributed by atoms with Crippen molar-refractivity contribution in [3.8, 4) is 0 Å². The molecule has 0 bridgehead atoms. The van der Waals surface area contributed by atoms with E-state index < -0.39 is 11.9 Å². The lowest BCUT2D eigenvalue weighted by atomic mass is 10.0. The van der Waals surface area contributed by atoms with E-state index in [1.807, 2.05) is 0 Å². The van der Waals surface area contributed by atoms with Gasteiger partial charge in [0.2, 0.25) is 0 Å². The van der Waals surface area contributed by atoms with Gasteiger partial charge in [-0.1, -0.05) is 0 Å². The molecule has 0 aliphatic carbocycles. The molecule has 64 valence electrons. The molecule has 0 spiro atoms. The van der Waals surface area contributed by atoms with E-state index in [1.54, 1.807) is 0 Å². The van der Waals surface area contributed by atoms with Gasteiger partial charge in [0.1, 0.15) is 5.78 Å². The van der Waals surface area contributed by atoms with E-state index in [0.29, 0.717) is 0 Å². The molecular formula is C7H12O4. The third kappa shape index (κ3) is 4.50. The van der Waals surface area contributed by atoms with Gasteiger partial charge >= 0.3 is 5.97 Å². The number of carboxylic acid groups (broad SMARTS) is 1. The van der Waals surface area contributed by atoms with E-state index in [0.717, 1.165) is 0 Å². The third-order valence-electron chi connectivity index (χ3n) is 1.36. The highest BCUT2D eigenvalue weighted by Gasteiger charge is 2.17. The number of rotatable bonds is 5. The lowest BCUT2D eigenvalue weighted by Crippen LogP contribution is -2.20. The van der Waals surface area contributed by atoms with Crippen LogP contribution in [-0.2, 0) is 14.3 Å². The maximum Gasteiger partial charge on any atom is 0.304 e. The fraction of sp³-hybridized carbons (Fsp3) is 0.714. The van der Waals surface area contributed by atoms with Crippen molar-refractivity contribution in [2.24, 2.45) is 5.92 Å². The number of methoxy groups -OCH3 is 1. The fourth-order valence-electron chi connectivity index (χ4n) is 0.732. The first kappa shape index (κ1) is 10.1. The highest BCUT2D eigenvalue weighted by Crippen LogP contribution is 2.04. The van der Waals surface area contributed by atoms with Crippen molar-refractivity contribution in [1.82, 2.24) is 0 Å². The first-order chi connectivity index (χ1) is 5.07. The van der Waals surface area contributed by atoms with E-state index in [-0.39, 0.29) is 18.8 Å². The van der Waals surface area contributed by atoms with Gasteiger partial charge < -0.3 is 9.84 Å². The molecule has 4 heteroatoms. The molecule has 0 rings (SSSR count). The van der Waals surface area contributed by atoms with Crippen molar-refractivity contribution in [1.29, 1.82) is 0 Å². The Balaban J connectivity index is 3.89. The van der Waals surface area contributed by atoms with Crippen LogP contribution in [0, 0.1) is 5.92 Å². The van der Waals surface area contributed by atoms with E-state index in [9.17, 15) is 9.59 Å². The average molecular weight is 160 g/mol. The molecule has 0 aliphatic rings. The summed E-state index contributed by atoms with van der Waals surface area (Å²) in [5, 5.41) is 8.35. The summed E-state index contributed by atoms with van der Waals surface area (Å²) in [6.45, 7) is 1.55. The molecule has 0 saturated heterocycles. The summed E-state index contributed by atoms with van der Waals surface area (Å²) in [5.41, 5.74) is 0. The van der Waals surface area contributed by atoms with E-state index in [4.69, 9.17) is 5.11 Å². The van der Waals surface area contributed by atoms with Crippen LogP contribution in [0.5, 0.6) is 0 Å². The second-order valence-electron chi connectivity index (χ2n) is 2.36. The Kier molecular flexibility index (Phi) is 4.45. The minimum Gasteiger partial charge on any atom is -0.481 e. The van der Waals surface area contributed by atoms with Crippen molar-refractivity contribution < 1.29 is 19.4 Å². The van der Waals surface area contributed by atoms with Gasteiger partial charge in [0.15, 0.2) is 0 Å². The predicted octanol–water partition coefficient (Wildman–Crippen LogP) is 0.313. The Bertz CT molecular complexity index is 153. The lowest BCUT2D eigenvalue weighted by molar-refractivity contribution is -0.141. The van der Waals surface area contributed by atoms with Gasteiger partial charge in [-0.3, -0.25) is 9.59 Å². The van der Waals surface area contributed by atoms with Crippen LogP contribution in [0.3, 0.4) is 0 Å². The summed E-state index contributed by atoms with van der Waals surface area (Å²) in [7, 11) is 1.44. The Morgan fingerprint density at radius 2 is 2.09 bits per heavy atom. The number of carbonyl (C=O) groups is 2. The fourth-order valence-corrected chi connectivity index (χ4v) is 0.732. The third-order valence-corrected chi connectivity index (χ3v) is 1.36. The summed E-state index contributed by atoms with van der Waals surface area (Å²) >= 11 is 0. The molecule has 0 saturated carbocycles. The molecular weight excluding hydrogens is 148 g/mol. The van der Waals surface area contributed by atoms with Gasteiger partial charge in [-0.05, 0) is 6.92 Å². The lowest BCUT2D eigenvalue weighted by Gasteiger charge is -2.08. The molecule has 0 aromatic heterocycles. The largest absolute Gasteiger partial charge is 0.481 e. The van der Waals surface area contributed by atoms with Crippen LogP contribution in [-0.4, -0.2) is 30.6 Å². The number of carboxylic acids is 1. The maximum atomic E-state index is 10.7. The summed E-state index contributed by atoms with van der Waals surface area (Å²) in [6, 6.07) is 0. The second-order valence-corrected chi connectivity index (χ2v) is 2.36. The van der Waals surface area contributed by atoms with Gasteiger partial charge in [-0.25, -0.2) is 0 Å². The number of ether oxygens (including phenoxy) is 1. The average Bonchev–Trinajstić information content (AvgIpc) is 1.86. The van der Waals surface area contributed by atoms with Crippen molar-refractivity contribution in [2.75, 3.05) is 13.7 Å². The van der Waals surface area contributed by atoms with Crippen LogP contribution in [0.2, 0.25) is 0 Å². The predicted molar refractivity (Wildman–Crippen MR) is 38.3 cm³/mol. The first-order valence-electron chi connectivity index (χ1n) is 3.29. The quantitative estimate of drug-likeness (QED) is 0.628. The van der Waals surface area contributed by atoms with Crippen LogP contribution in [0.25, 0.3) is 0 Å². The number of carbonyl (C=O) groups excluding carboxylic acids is 1. The summed E-state index contributed by atoms with van der Waals surface area (Å²) in [4.78, 5) is 20.9. The molecule has 0 aromatic carbocycles. The highest BCUT2D eigenvalue weighted by atomic mass is 16.5. The summed E-state index contributed by atoms with van der Waals surface area (Å²) in [6.07, 6.45) is -0.150. The summed E-state index contributed by atoms with van der Waals surface area (Å²) < 4.78 is 4.68. The van der Waals surface area contributed by atoms with E-state index >= 15 is 0 Å². The maximum absolute atomic E-state index is 10.7. The zero-order valence-electron chi connectivity index (χ0n) is 6.66. The molecule has 0 amide bonds. The molecule has 4 nitrogen and oxygen atoms in total. The summed E-state index contributed by atoms with van der Waals surface area (Å²) in [5.74, 6) is -1.62. The molecule has 11 heavy (non-hydrogen) atoms. The number of Topliss-reactive ketones (excluding diaryl/α,β-unsaturated/α-hetero) is 1. The minimum atomic E-state index is -0.970. The number of aliphatic carboxylic acids is 1. The first-order valence-corrected chi connectivity index (χ1v) is 3.29. The van der Waals surface area contributed by atoms with Crippen molar-refractivity contribution >= 4 is 11.8 Å². The monoisotopic (exact) mass is 160 g/mol. The molecule has 0 heterocycles. The normalized spacial score (nSPS) is 12.5. The number of hydrogen-bond acceptors (Lipinski definition) is 3. The zero-order chi connectivity index (χ0) is 8.85. The Hall–Kier alpha value is -0.900. The van der Waals surface area contributed by atoms with E-state index in [1.165, 1.54) is 14.0 Å². The highest BCUT2D eigenvalue weighted by molar-refractivity contribution is 5.83. The van der Waals surface area contributed by atoms with Crippen LogP contribution in [0.1, 0.15) is 13.3 Å². The smallest absolute Gasteiger partial charge is 0.304 e. The molecule has 1 unspecified atom stereocenters. The zero-order valence-corrected chi connectivity index (χ0v) is 6.66. The van der Waals surface area contributed by atoms with Crippen LogP contribution < -0.4 is 0 Å². The topological polar surface area (TPSA) is 63.6 Å². The van der Waals surface area contributed by atoms with Crippen molar-refractivity contribution in [3.05, 3.63) is 0 Å². The Morgan fingerprint density at radius 1 is 1.55 bits per heavy atom. The van der Waals surface area contributed by atoms with Crippen LogP contribution >= 0.6 is 0 Å². The Labute approximate surface area is 65.2 Å². The minimum absolute atomic E-state index is 0.144. The SMILES string of the molecule is COCC(CC(=O)O)C(C)=O. The molecule has 0 fully saturated rings. The molecule has 0 aliphatic heterocycles.